The van der Waals surface area contributed by atoms with Crippen LogP contribution in [0.1, 0.15) is 23.2 Å². The van der Waals surface area contributed by atoms with Crippen LogP contribution in [-0.2, 0) is 6.54 Å². The lowest BCUT2D eigenvalue weighted by Crippen LogP contribution is -2.23. The molecule has 1 amide bonds. The molecular weight excluding hydrogens is 368 g/mol. The van der Waals surface area contributed by atoms with Crippen LogP contribution in [0.25, 0.3) is 17.1 Å². The average molecular weight is 388 g/mol. The number of hydrogen-bond acceptors (Lipinski definition) is 5. The summed E-state index contributed by atoms with van der Waals surface area (Å²) in [6.07, 6.45) is 3.94. The zero-order chi connectivity index (χ0) is 20.1. The quantitative estimate of drug-likeness (QED) is 0.520. The monoisotopic (exact) mass is 388 g/mol. The molecule has 0 saturated carbocycles. The number of nitrogens with zero attached hydrogens (tertiary/aromatic N) is 3. The minimum absolute atomic E-state index is 0.0802. The highest BCUT2D eigenvalue weighted by molar-refractivity contribution is 5.89. The summed E-state index contributed by atoms with van der Waals surface area (Å²) in [4.78, 5) is 16.6. The van der Waals surface area contributed by atoms with Crippen LogP contribution in [0.4, 0.5) is 0 Å². The lowest BCUT2D eigenvalue weighted by molar-refractivity contribution is 0.0906. The molecule has 0 saturated heterocycles. The maximum Gasteiger partial charge on any atom is 0.316 e. The molecule has 0 fully saturated rings. The summed E-state index contributed by atoms with van der Waals surface area (Å²) in [5, 5.41) is 6.71. The molecule has 0 radical (unpaired) electrons. The van der Waals surface area contributed by atoms with Crippen LogP contribution in [-0.4, -0.2) is 27.2 Å². The molecule has 0 unspecified atom stereocenters. The van der Waals surface area contributed by atoms with Gasteiger partial charge in [-0.25, -0.2) is 0 Å². The maximum absolute atomic E-state index is 12.4. The number of hydrogen-bond donors (Lipinski definition) is 1. The topological polar surface area (TPSA) is 82.2 Å². The molecular formula is C22H20N4O3. The molecule has 0 spiro atoms. The van der Waals surface area contributed by atoms with Gasteiger partial charge in [-0.2, -0.15) is 4.98 Å². The number of benzene rings is 2. The summed E-state index contributed by atoms with van der Waals surface area (Å²) in [5.74, 6) is 0.593. The highest BCUT2D eigenvalue weighted by Gasteiger charge is 2.16. The summed E-state index contributed by atoms with van der Waals surface area (Å²) in [6, 6.07) is 19.2. The molecule has 0 aliphatic heterocycles. The minimum Gasteiger partial charge on any atom is -0.494 e. The number of aromatic nitrogens is 3. The van der Waals surface area contributed by atoms with Crippen molar-refractivity contribution in [2.24, 2.45) is 0 Å². The Morgan fingerprint density at radius 3 is 2.59 bits per heavy atom. The van der Waals surface area contributed by atoms with E-state index in [1.165, 1.54) is 0 Å². The molecule has 0 atom stereocenters. The summed E-state index contributed by atoms with van der Waals surface area (Å²) >= 11 is 0. The van der Waals surface area contributed by atoms with Crippen LogP contribution in [0.15, 0.2) is 77.6 Å². The highest BCUT2D eigenvalue weighted by Crippen LogP contribution is 2.20. The summed E-state index contributed by atoms with van der Waals surface area (Å²) in [6.45, 7) is 2.78. The predicted octanol–water partition coefficient (Wildman–Crippen LogP) is 3.86. The van der Waals surface area contributed by atoms with Crippen molar-refractivity contribution >= 4 is 5.91 Å². The van der Waals surface area contributed by atoms with Gasteiger partial charge in [0, 0.05) is 35.8 Å². The maximum atomic E-state index is 12.4. The van der Waals surface area contributed by atoms with Crippen molar-refractivity contribution in [3.63, 3.8) is 0 Å². The van der Waals surface area contributed by atoms with Crippen LogP contribution in [0.2, 0.25) is 0 Å². The lowest BCUT2D eigenvalue weighted by Gasteiger charge is -2.09. The predicted molar refractivity (Wildman–Crippen MR) is 108 cm³/mol. The Balaban J connectivity index is 1.43. The van der Waals surface area contributed by atoms with Crippen molar-refractivity contribution in [3.8, 4) is 22.8 Å². The van der Waals surface area contributed by atoms with Gasteiger partial charge in [-0.3, -0.25) is 4.79 Å². The minimum atomic E-state index is -0.431. The molecule has 4 aromatic rings. The van der Waals surface area contributed by atoms with Gasteiger partial charge in [0.15, 0.2) is 0 Å². The molecule has 2 heterocycles. The van der Waals surface area contributed by atoms with E-state index in [1.54, 1.807) is 0 Å². The highest BCUT2D eigenvalue weighted by atomic mass is 16.5. The van der Waals surface area contributed by atoms with Crippen molar-refractivity contribution in [1.29, 1.82) is 0 Å². The van der Waals surface area contributed by atoms with E-state index >= 15 is 0 Å². The van der Waals surface area contributed by atoms with Gasteiger partial charge in [-0.1, -0.05) is 23.4 Å². The van der Waals surface area contributed by atoms with Crippen LogP contribution < -0.4 is 10.1 Å². The van der Waals surface area contributed by atoms with Gasteiger partial charge < -0.3 is 19.1 Å². The fourth-order valence-corrected chi connectivity index (χ4v) is 2.92. The largest absolute Gasteiger partial charge is 0.494 e. The smallest absolute Gasteiger partial charge is 0.316 e. The Morgan fingerprint density at radius 1 is 1.07 bits per heavy atom. The Morgan fingerprint density at radius 2 is 1.83 bits per heavy atom. The van der Waals surface area contributed by atoms with Crippen LogP contribution >= 0.6 is 0 Å². The van der Waals surface area contributed by atoms with Crippen LogP contribution in [0.5, 0.6) is 5.75 Å². The Labute approximate surface area is 167 Å². The second-order valence-corrected chi connectivity index (χ2v) is 6.28. The molecule has 7 heteroatoms. The van der Waals surface area contributed by atoms with E-state index in [1.807, 2.05) is 84.5 Å². The number of carbonyl (C=O) groups is 1. The molecule has 2 aromatic heterocycles. The van der Waals surface area contributed by atoms with Crippen LogP contribution in [0, 0.1) is 0 Å². The number of amides is 1. The van der Waals surface area contributed by atoms with E-state index in [9.17, 15) is 4.79 Å². The summed E-state index contributed by atoms with van der Waals surface area (Å²) in [7, 11) is 0. The first kappa shape index (κ1) is 18.5. The molecule has 146 valence electrons. The third-order valence-electron chi connectivity index (χ3n) is 4.36. The molecule has 29 heavy (non-hydrogen) atoms. The fourth-order valence-electron chi connectivity index (χ4n) is 2.92. The second kappa shape index (κ2) is 8.43. The van der Waals surface area contributed by atoms with Gasteiger partial charge in [0.05, 0.1) is 6.61 Å². The number of ether oxygens (including phenoxy) is 1. The normalized spacial score (nSPS) is 10.7. The van der Waals surface area contributed by atoms with Gasteiger partial charge in [-0.15, -0.1) is 0 Å². The Bertz CT molecular complexity index is 1090. The third kappa shape index (κ3) is 4.19. The van der Waals surface area contributed by atoms with Gasteiger partial charge in [0.25, 0.3) is 0 Å². The molecule has 7 nitrogen and oxygen atoms in total. The lowest BCUT2D eigenvalue weighted by atomic mass is 10.2. The molecule has 4 rings (SSSR count). The van der Waals surface area contributed by atoms with E-state index in [4.69, 9.17) is 9.26 Å². The molecule has 2 aromatic carbocycles. The fraction of sp³-hybridized carbons (Fsp3) is 0.136. The second-order valence-electron chi connectivity index (χ2n) is 6.28. The van der Waals surface area contributed by atoms with Gasteiger partial charge in [-0.05, 0) is 49.4 Å². The van der Waals surface area contributed by atoms with Crippen molar-refractivity contribution in [2.75, 3.05) is 6.61 Å². The first-order chi connectivity index (χ1) is 14.2. The van der Waals surface area contributed by atoms with Crippen molar-refractivity contribution in [2.45, 2.75) is 13.5 Å². The molecule has 1 N–H and O–H groups in total. The van der Waals surface area contributed by atoms with Gasteiger partial charge >= 0.3 is 11.8 Å². The van der Waals surface area contributed by atoms with E-state index in [2.05, 4.69) is 15.5 Å². The molecule has 0 aliphatic rings. The number of carbonyl (C=O) groups excluding carboxylic acids is 1. The number of nitrogens with one attached hydrogen (secondary N) is 1. The third-order valence-corrected chi connectivity index (χ3v) is 4.36. The SMILES string of the molecule is CCOc1ccccc1CNC(=O)c1nc(-c2ccc(-n3cccc3)cc2)no1. The van der Waals surface area contributed by atoms with Gasteiger partial charge in [0.2, 0.25) is 5.82 Å². The van der Waals surface area contributed by atoms with E-state index < -0.39 is 5.91 Å². The van der Waals surface area contributed by atoms with Crippen molar-refractivity contribution in [3.05, 3.63) is 84.5 Å². The van der Waals surface area contributed by atoms with Crippen LogP contribution in [0.3, 0.4) is 0 Å². The zero-order valence-electron chi connectivity index (χ0n) is 15.9. The number of para-hydroxylation sites is 1. The summed E-state index contributed by atoms with van der Waals surface area (Å²) < 4.78 is 12.7. The Hall–Kier alpha value is -3.87. The first-order valence-electron chi connectivity index (χ1n) is 9.31. The van der Waals surface area contributed by atoms with E-state index in [0.717, 1.165) is 22.6 Å². The van der Waals surface area contributed by atoms with Gasteiger partial charge in [0.1, 0.15) is 5.75 Å². The van der Waals surface area contributed by atoms with E-state index in [-0.39, 0.29) is 5.89 Å². The average Bonchev–Trinajstić information content (AvgIpc) is 3.46. The van der Waals surface area contributed by atoms with E-state index in [0.29, 0.717) is 19.0 Å². The van der Waals surface area contributed by atoms with Crippen molar-refractivity contribution in [1.82, 2.24) is 20.0 Å². The molecule has 0 bridgehead atoms. The zero-order valence-corrected chi connectivity index (χ0v) is 15.9. The van der Waals surface area contributed by atoms with Crippen molar-refractivity contribution < 1.29 is 14.1 Å². The number of rotatable bonds is 7. The summed E-state index contributed by atoms with van der Waals surface area (Å²) in [5.41, 5.74) is 2.67. The first-order valence-corrected chi connectivity index (χ1v) is 9.31. The molecule has 0 aliphatic carbocycles. The standard InChI is InChI=1S/C22H20N4O3/c1-2-28-19-8-4-3-7-17(19)15-23-21(27)22-24-20(25-29-22)16-9-11-18(12-10-16)26-13-5-6-14-26/h3-14H,2,15H2,1H3,(H,23,27). The Kier molecular flexibility index (Phi) is 5.38.